The lowest BCUT2D eigenvalue weighted by Gasteiger charge is -2.30. The average Bonchev–Trinajstić information content (AvgIpc) is 3.52. The zero-order valence-electron chi connectivity index (χ0n) is 24.7. The molecule has 0 spiro atoms. The quantitative estimate of drug-likeness (QED) is 0.140. The molecule has 1 aliphatic rings. The number of anilines is 1. The highest BCUT2D eigenvalue weighted by Crippen LogP contribution is 2.38. The number of pyridine rings is 1. The number of nitrogens with zero attached hydrogens (tertiary/aromatic N) is 2. The predicted octanol–water partition coefficient (Wildman–Crippen LogP) is 6.32. The molecular weight excluding hydrogens is 609 g/mol. The second kappa shape index (κ2) is 13.8. The van der Waals surface area contributed by atoms with Crippen molar-refractivity contribution in [1.82, 2.24) is 9.88 Å². The summed E-state index contributed by atoms with van der Waals surface area (Å²) in [4.78, 5) is 18.5. The molecule has 0 unspecified atom stereocenters. The summed E-state index contributed by atoms with van der Waals surface area (Å²) in [7, 11) is -1.48. The van der Waals surface area contributed by atoms with E-state index in [1.165, 1.54) is 36.4 Å². The number of esters is 1. The van der Waals surface area contributed by atoms with E-state index in [0.717, 1.165) is 56.5 Å². The average molecular weight is 644 g/mol. The van der Waals surface area contributed by atoms with Crippen molar-refractivity contribution in [2.45, 2.75) is 31.1 Å². The molecule has 1 N–H and O–H groups in total. The highest BCUT2D eigenvalue weighted by molar-refractivity contribution is 7.93. The van der Waals surface area contributed by atoms with Gasteiger partial charge in [-0.1, -0.05) is 6.92 Å². The molecular formula is C31H34FN3O7S2. The lowest BCUT2D eigenvalue weighted by molar-refractivity contribution is 0.0602. The number of ether oxygens (including phenoxy) is 4. The van der Waals surface area contributed by atoms with Crippen molar-refractivity contribution in [3.05, 3.63) is 64.7 Å². The molecule has 0 aliphatic carbocycles. The fourth-order valence-corrected chi connectivity index (χ4v) is 7.36. The fourth-order valence-electron chi connectivity index (χ4n) is 4.97. The van der Waals surface area contributed by atoms with Crippen LogP contribution in [0, 0.1) is 11.7 Å². The van der Waals surface area contributed by atoms with E-state index in [1.54, 1.807) is 31.5 Å². The number of aromatic nitrogens is 1. The Bertz CT molecular complexity index is 1740. The summed E-state index contributed by atoms with van der Waals surface area (Å²) >= 11 is 0.929. The van der Waals surface area contributed by atoms with Crippen LogP contribution in [0.15, 0.2) is 58.9 Å². The van der Waals surface area contributed by atoms with E-state index in [9.17, 15) is 13.2 Å². The van der Waals surface area contributed by atoms with E-state index in [1.807, 2.05) is 0 Å². The van der Waals surface area contributed by atoms with Crippen LogP contribution >= 0.6 is 11.3 Å². The first-order valence-electron chi connectivity index (χ1n) is 14.2. The number of carbonyl (C=O) groups excluding carboxylic acids is 1. The number of hydrogen-bond acceptors (Lipinski definition) is 10. The van der Waals surface area contributed by atoms with Crippen molar-refractivity contribution in [2.75, 3.05) is 45.2 Å². The zero-order chi connectivity index (χ0) is 31.3. The van der Waals surface area contributed by atoms with Gasteiger partial charge in [-0.05, 0) is 74.0 Å². The zero-order valence-corrected chi connectivity index (χ0v) is 26.3. The van der Waals surface area contributed by atoms with Crippen LogP contribution in [0.2, 0.25) is 0 Å². The van der Waals surface area contributed by atoms with Gasteiger partial charge in [-0.25, -0.2) is 17.6 Å². The van der Waals surface area contributed by atoms with Crippen molar-refractivity contribution >= 4 is 43.9 Å². The van der Waals surface area contributed by atoms with Crippen LogP contribution in [0.25, 0.3) is 10.9 Å². The molecule has 0 radical (unpaired) electrons. The van der Waals surface area contributed by atoms with Crippen molar-refractivity contribution in [3.8, 4) is 23.0 Å². The van der Waals surface area contributed by atoms with Gasteiger partial charge in [0, 0.05) is 30.3 Å². The Hall–Kier alpha value is -3.94. The number of sulfonamides is 1. The summed E-state index contributed by atoms with van der Waals surface area (Å²) in [6, 6.07) is 10.1. The maximum atomic E-state index is 15.2. The monoisotopic (exact) mass is 643 g/mol. The first-order valence-corrected chi connectivity index (χ1v) is 16.5. The summed E-state index contributed by atoms with van der Waals surface area (Å²) < 4.78 is 65.4. The van der Waals surface area contributed by atoms with Crippen LogP contribution in [-0.4, -0.2) is 64.7 Å². The summed E-state index contributed by atoms with van der Waals surface area (Å²) in [5.41, 5.74) is 0.528. The van der Waals surface area contributed by atoms with Crippen LogP contribution in [0.5, 0.6) is 23.0 Å². The number of rotatable bonds is 12. The molecule has 10 nitrogen and oxygen atoms in total. The number of thiophene rings is 1. The van der Waals surface area contributed by atoms with Gasteiger partial charge in [0.05, 0.1) is 32.0 Å². The maximum Gasteiger partial charge on any atom is 0.349 e. The smallest absolute Gasteiger partial charge is 0.349 e. The first-order chi connectivity index (χ1) is 21.2. The van der Waals surface area contributed by atoms with Gasteiger partial charge in [0.15, 0.2) is 23.1 Å². The highest BCUT2D eigenvalue weighted by atomic mass is 32.2. The molecule has 4 aromatic rings. The third kappa shape index (κ3) is 7.22. The molecule has 5 rings (SSSR count). The van der Waals surface area contributed by atoms with Gasteiger partial charge >= 0.3 is 5.97 Å². The van der Waals surface area contributed by atoms with Crippen molar-refractivity contribution in [3.63, 3.8) is 0 Å². The Kier molecular flexibility index (Phi) is 9.87. The molecule has 2 aromatic carbocycles. The molecule has 13 heteroatoms. The lowest BCUT2D eigenvalue weighted by atomic mass is 9.99. The van der Waals surface area contributed by atoms with Crippen LogP contribution in [0.3, 0.4) is 0 Å². The molecule has 2 aromatic heterocycles. The van der Waals surface area contributed by atoms with Crippen LogP contribution in [0.1, 0.15) is 35.9 Å². The van der Waals surface area contributed by atoms with Gasteiger partial charge in [-0.2, -0.15) is 0 Å². The molecule has 44 heavy (non-hydrogen) atoms. The van der Waals surface area contributed by atoms with Gasteiger partial charge in [0.2, 0.25) is 0 Å². The number of fused-ring (bicyclic) bond motifs is 1. The Morgan fingerprint density at radius 2 is 1.86 bits per heavy atom. The number of hydrogen-bond donors (Lipinski definition) is 1. The number of nitrogens with one attached hydrogen (secondary N) is 1. The number of benzene rings is 2. The molecule has 0 atom stereocenters. The van der Waals surface area contributed by atoms with E-state index in [4.69, 9.17) is 14.2 Å². The number of halogens is 1. The van der Waals surface area contributed by atoms with E-state index >= 15 is 4.39 Å². The van der Waals surface area contributed by atoms with Crippen LogP contribution < -0.4 is 18.9 Å². The Balaban J connectivity index is 1.28. The van der Waals surface area contributed by atoms with Crippen molar-refractivity contribution in [1.29, 1.82) is 0 Å². The number of likely N-dealkylation sites (tertiary alicyclic amines) is 1. The summed E-state index contributed by atoms with van der Waals surface area (Å²) in [5.74, 6) is 0.461. The fraction of sp³-hybridized carbons (Fsp3) is 0.355. The third-order valence-electron chi connectivity index (χ3n) is 7.43. The minimum absolute atomic E-state index is 0.0465. The molecule has 3 heterocycles. The summed E-state index contributed by atoms with van der Waals surface area (Å²) in [6.45, 7) is 6.06. The molecule has 0 amide bonds. The predicted molar refractivity (Wildman–Crippen MR) is 166 cm³/mol. The van der Waals surface area contributed by atoms with Gasteiger partial charge in [-0.15, -0.1) is 11.3 Å². The lowest BCUT2D eigenvalue weighted by Crippen LogP contribution is -2.34. The molecule has 1 saturated heterocycles. The number of carbonyl (C=O) groups is 1. The minimum Gasteiger partial charge on any atom is -0.493 e. The Morgan fingerprint density at radius 3 is 2.59 bits per heavy atom. The molecule has 1 aliphatic heterocycles. The van der Waals surface area contributed by atoms with Crippen molar-refractivity contribution < 1.29 is 36.6 Å². The minimum atomic E-state index is -4.19. The number of methoxy groups -OCH3 is 2. The largest absolute Gasteiger partial charge is 0.493 e. The topological polar surface area (TPSA) is 116 Å². The second-order valence-corrected chi connectivity index (χ2v) is 13.1. The highest BCUT2D eigenvalue weighted by Gasteiger charge is 2.25. The van der Waals surface area contributed by atoms with Gasteiger partial charge in [-0.3, -0.25) is 9.71 Å². The summed E-state index contributed by atoms with van der Waals surface area (Å²) in [6.07, 6.45) is 4.90. The van der Waals surface area contributed by atoms with Gasteiger partial charge in [0.25, 0.3) is 10.0 Å². The third-order valence-corrected chi connectivity index (χ3v) is 9.88. The standard InChI is InChI=1S/C31H34FN3O7S2/c1-20-8-13-35(14-9-20)12-4-15-41-28-19-24-22(18-27(28)39-2)25(7-11-33-24)42-26-6-5-21(17-23(26)32)34-44(37,38)29-10-16-43-30(29)31(36)40-3/h5-7,10-11,16-20,34H,4,8-9,12-15H2,1-3H3. The second-order valence-electron chi connectivity index (χ2n) is 10.5. The number of piperidine rings is 1. The first kappa shape index (κ1) is 31.5. The molecule has 234 valence electrons. The van der Waals surface area contributed by atoms with Gasteiger partial charge < -0.3 is 23.8 Å². The van der Waals surface area contributed by atoms with E-state index in [-0.39, 0.29) is 21.2 Å². The Labute approximate surface area is 259 Å². The Morgan fingerprint density at radius 1 is 1.07 bits per heavy atom. The van der Waals surface area contributed by atoms with Crippen molar-refractivity contribution in [2.24, 2.45) is 5.92 Å². The SMILES string of the molecule is COC(=O)c1sccc1S(=O)(=O)Nc1ccc(Oc2ccnc3cc(OCCCN4CCC(C)CC4)c(OC)cc23)c(F)c1. The van der Waals surface area contributed by atoms with E-state index < -0.39 is 21.8 Å². The van der Waals surface area contributed by atoms with Gasteiger partial charge in [0.1, 0.15) is 15.5 Å². The molecule has 1 fully saturated rings. The van der Waals surface area contributed by atoms with E-state index in [0.29, 0.717) is 34.8 Å². The molecule has 0 saturated carbocycles. The molecule has 0 bridgehead atoms. The summed E-state index contributed by atoms with van der Waals surface area (Å²) in [5, 5.41) is 2.04. The van der Waals surface area contributed by atoms with E-state index in [2.05, 4.69) is 26.3 Å². The van der Waals surface area contributed by atoms with Crippen LogP contribution in [-0.2, 0) is 14.8 Å². The van der Waals surface area contributed by atoms with Crippen LogP contribution in [0.4, 0.5) is 10.1 Å². The maximum absolute atomic E-state index is 15.2. The normalized spacial score (nSPS) is 14.4.